The Bertz CT molecular complexity index is 1000. The first kappa shape index (κ1) is 20.2. The van der Waals surface area contributed by atoms with Crippen LogP contribution in [0, 0.1) is 0 Å². The van der Waals surface area contributed by atoms with Crippen molar-refractivity contribution in [2.24, 2.45) is 0 Å². The summed E-state index contributed by atoms with van der Waals surface area (Å²) in [4.78, 5) is 19.4. The number of nitrogens with one attached hydrogen (secondary N) is 1. The first-order valence-corrected chi connectivity index (χ1v) is 10.8. The molecular formula is C21H19Cl2N3O2S. The van der Waals surface area contributed by atoms with Gasteiger partial charge in [-0.3, -0.25) is 4.79 Å². The van der Waals surface area contributed by atoms with E-state index in [1.54, 1.807) is 0 Å². The maximum Gasteiger partial charge on any atom is 0.230 e. The van der Waals surface area contributed by atoms with Gasteiger partial charge in [-0.1, -0.05) is 41.4 Å². The summed E-state index contributed by atoms with van der Waals surface area (Å²) in [5, 5.41) is 7.06. The summed E-state index contributed by atoms with van der Waals surface area (Å²) in [7, 11) is 0. The third-order valence-electron chi connectivity index (χ3n) is 4.57. The molecule has 2 aromatic carbocycles. The highest BCUT2D eigenvalue weighted by Crippen LogP contribution is 2.34. The number of para-hydroxylation sites is 1. The van der Waals surface area contributed by atoms with Crippen LogP contribution in [0.3, 0.4) is 0 Å². The van der Waals surface area contributed by atoms with E-state index >= 15 is 0 Å². The molecule has 1 N–H and O–H groups in total. The minimum atomic E-state index is -0.130. The van der Waals surface area contributed by atoms with Crippen molar-refractivity contribution < 1.29 is 9.53 Å². The average Bonchev–Trinajstić information content (AvgIpc) is 3.17. The number of carbonyl (C=O) groups excluding carboxylic acids is 1. The second-order valence-corrected chi connectivity index (χ2v) is 8.31. The Morgan fingerprint density at radius 2 is 1.90 bits per heavy atom. The standard InChI is InChI=1S/C21H19Cl2N3O2S/c22-15-6-4-14(5-7-15)21-24-16(13-29-21)12-19(27)25-18-3-1-2-17(23)20(18)26-8-10-28-11-9-26/h1-7,13H,8-12H2,(H,25,27). The van der Waals surface area contributed by atoms with Crippen LogP contribution in [0.4, 0.5) is 11.4 Å². The largest absolute Gasteiger partial charge is 0.378 e. The Balaban J connectivity index is 1.47. The number of hydrogen-bond acceptors (Lipinski definition) is 5. The Labute approximate surface area is 183 Å². The zero-order valence-corrected chi connectivity index (χ0v) is 17.9. The van der Waals surface area contributed by atoms with E-state index in [2.05, 4.69) is 15.2 Å². The quantitative estimate of drug-likeness (QED) is 0.588. The molecule has 0 radical (unpaired) electrons. The number of nitrogens with zero attached hydrogens (tertiary/aromatic N) is 2. The lowest BCUT2D eigenvalue weighted by Crippen LogP contribution is -2.37. The molecule has 5 nitrogen and oxygen atoms in total. The van der Waals surface area contributed by atoms with E-state index in [1.165, 1.54) is 11.3 Å². The first-order chi connectivity index (χ1) is 14.1. The number of benzene rings is 2. The molecule has 1 amide bonds. The number of anilines is 2. The summed E-state index contributed by atoms with van der Waals surface area (Å²) in [5.41, 5.74) is 3.26. The van der Waals surface area contributed by atoms with Gasteiger partial charge in [0.1, 0.15) is 5.01 Å². The molecule has 1 aliphatic rings. The van der Waals surface area contributed by atoms with Gasteiger partial charge in [0, 0.05) is 29.1 Å². The van der Waals surface area contributed by atoms with Gasteiger partial charge in [-0.2, -0.15) is 0 Å². The zero-order chi connectivity index (χ0) is 20.2. The van der Waals surface area contributed by atoms with E-state index in [0.717, 1.165) is 35.0 Å². The van der Waals surface area contributed by atoms with Crippen molar-refractivity contribution >= 4 is 51.8 Å². The number of morpholine rings is 1. The van der Waals surface area contributed by atoms with Crippen molar-refractivity contribution in [1.29, 1.82) is 0 Å². The minimum absolute atomic E-state index is 0.130. The van der Waals surface area contributed by atoms with Crippen LogP contribution >= 0.6 is 34.5 Å². The molecule has 29 heavy (non-hydrogen) atoms. The van der Waals surface area contributed by atoms with Crippen molar-refractivity contribution in [3.05, 3.63) is 63.6 Å². The van der Waals surface area contributed by atoms with Gasteiger partial charge in [-0.15, -0.1) is 11.3 Å². The van der Waals surface area contributed by atoms with Gasteiger partial charge >= 0.3 is 0 Å². The summed E-state index contributed by atoms with van der Waals surface area (Å²) in [6, 6.07) is 13.0. The molecule has 8 heteroatoms. The predicted molar refractivity (Wildman–Crippen MR) is 119 cm³/mol. The average molecular weight is 448 g/mol. The number of amides is 1. The lowest BCUT2D eigenvalue weighted by Gasteiger charge is -2.31. The Hall–Kier alpha value is -2.12. The fraction of sp³-hybridized carbons (Fsp3) is 0.238. The molecule has 1 aliphatic heterocycles. The molecule has 0 saturated carbocycles. The Morgan fingerprint density at radius 1 is 1.14 bits per heavy atom. The molecule has 0 atom stereocenters. The number of hydrogen-bond donors (Lipinski definition) is 1. The number of aromatic nitrogens is 1. The molecule has 3 aromatic rings. The van der Waals surface area contributed by atoms with Crippen LogP contribution in [0.5, 0.6) is 0 Å². The molecule has 1 aromatic heterocycles. The predicted octanol–water partition coefficient (Wildman–Crippen LogP) is 5.13. The van der Waals surface area contributed by atoms with Crippen LogP contribution < -0.4 is 10.2 Å². The maximum atomic E-state index is 12.7. The van der Waals surface area contributed by atoms with Crippen LogP contribution in [0.15, 0.2) is 47.8 Å². The molecule has 150 valence electrons. The smallest absolute Gasteiger partial charge is 0.230 e. The monoisotopic (exact) mass is 447 g/mol. The van der Waals surface area contributed by atoms with Crippen molar-refractivity contribution in [3.63, 3.8) is 0 Å². The van der Waals surface area contributed by atoms with Gasteiger partial charge in [0.25, 0.3) is 0 Å². The number of halogens is 2. The van der Waals surface area contributed by atoms with Crippen LogP contribution in [0.2, 0.25) is 10.0 Å². The molecule has 0 bridgehead atoms. The van der Waals surface area contributed by atoms with E-state index in [0.29, 0.717) is 28.9 Å². The summed E-state index contributed by atoms with van der Waals surface area (Å²) in [6.07, 6.45) is 0.194. The number of carbonyl (C=O) groups is 1. The van der Waals surface area contributed by atoms with Crippen molar-refractivity contribution in [2.75, 3.05) is 36.5 Å². The number of ether oxygens (including phenoxy) is 1. The molecule has 4 rings (SSSR count). The van der Waals surface area contributed by atoms with E-state index in [4.69, 9.17) is 27.9 Å². The van der Waals surface area contributed by atoms with Crippen molar-refractivity contribution in [3.8, 4) is 10.6 Å². The van der Waals surface area contributed by atoms with Crippen LogP contribution in [0.1, 0.15) is 5.69 Å². The van der Waals surface area contributed by atoms with Crippen LogP contribution in [0.25, 0.3) is 10.6 Å². The Morgan fingerprint density at radius 3 is 2.66 bits per heavy atom. The molecule has 1 fully saturated rings. The summed E-state index contributed by atoms with van der Waals surface area (Å²) >= 11 is 13.9. The van der Waals surface area contributed by atoms with Gasteiger partial charge in [0.05, 0.1) is 41.7 Å². The Kier molecular flexibility index (Phi) is 6.35. The summed E-state index contributed by atoms with van der Waals surface area (Å²) in [5.74, 6) is -0.130. The molecule has 2 heterocycles. The van der Waals surface area contributed by atoms with Gasteiger partial charge < -0.3 is 15.0 Å². The highest BCUT2D eigenvalue weighted by Gasteiger charge is 2.19. The van der Waals surface area contributed by atoms with E-state index in [9.17, 15) is 4.79 Å². The number of thiazole rings is 1. The molecule has 0 aliphatic carbocycles. The highest BCUT2D eigenvalue weighted by molar-refractivity contribution is 7.13. The number of rotatable bonds is 5. The first-order valence-electron chi connectivity index (χ1n) is 9.21. The van der Waals surface area contributed by atoms with E-state index in [-0.39, 0.29) is 12.3 Å². The summed E-state index contributed by atoms with van der Waals surface area (Å²) in [6.45, 7) is 2.77. The van der Waals surface area contributed by atoms with Gasteiger partial charge in [0.2, 0.25) is 5.91 Å². The van der Waals surface area contributed by atoms with Crippen LogP contribution in [-0.2, 0) is 16.0 Å². The van der Waals surface area contributed by atoms with Gasteiger partial charge in [-0.05, 0) is 24.3 Å². The highest BCUT2D eigenvalue weighted by atomic mass is 35.5. The maximum absolute atomic E-state index is 12.7. The minimum Gasteiger partial charge on any atom is -0.378 e. The molecule has 0 unspecified atom stereocenters. The SMILES string of the molecule is O=C(Cc1csc(-c2ccc(Cl)cc2)n1)Nc1cccc(Cl)c1N1CCOCC1. The topological polar surface area (TPSA) is 54.5 Å². The second kappa shape index (κ2) is 9.13. The van der Waals surface area contributed by atoms with Crippen molar-refractivity contribution in [1.82, 2.24) is 4.98 Å². The van der Waals surface area contributed by atoms with Crippen molar-refractivity contribution in [2.45, 2.75) is 6.42 Å². The van der Waals surface area contributed by atoms with Gasteiger partial charge in [0.15, 0.2) is 0 Å². The van der Waals surface area contributed by atoms with Crippen LogP contribution in [-0.4, -0.2) is 37.2 Å². The zero-order valence-electron chi connectivity index (χ0n) is 15.5. The fourth-order valence-corrected chi connectivity index (χ4v) is 4.44. The lowest BCUT2D eigenvalue weighted by molar-refractivity contribution is -0.115. The normalized spacial score (nSPS) is 14.1. The van der Waals surface area contributed by atoms with E-state index < -0.39 is 0 Å². The van der Waals surface area contributed by atoms with Gasteiger partial charge in [-0.25, -0.2) is 4.98 Å². The third kappa shape index (κ3) is 4.90. The molecule has 1 saturated heterocycles. The molecular weight excluding hydrogens is 429 g/mol. The summed E-state index contributed by atoms with van der Waals surface area (Å²) < 4.78 is 5.42. The lowest BCUT2D eigenvalue weighted by atomic mass is 10.2. The third-order valence-corrected chi connectivity index (χ3v) is 6.07. The fourth-order valence-electron chi connectivity index (χ4n) is 3.20. The molecule has 0 spiro atoms. The van der Waals surface area contributed by atoms with E-state index in [1.807, 2.05) is 47.8 Å². The second-order valence-electron chi connectivity index (χ2n) is 6.61.